The van der Waals surface area contributed by atoms with Gasteiger partial charge in [0.25, 0.3) is 5.91 Å². The topological polar surface area (TPSA) is 32.3 Å². The molecule has 1 atom stereocenters. The van der Waals surface area contributed by atoms with Gasteiger partial charge in [0.1, 0.15) is 5.82 Å². The fraction of sp³-hybridized carbons (Fsp3) is 0.500. The van der Waals surface area contributed by atoms with Crippen molar-refractivity contribution in [2.45, 2.75) is 26.3 Å². The second-order valence-electron chi connectivity index (χ2n) is 4.50. The van der Waals surface area contributed by atoms with Gasteiger partial charge in [0, 0.05) is 24.7 Å². The Morgan fingerprint density at radius 2 is 2.22 bits per heavy atom. The normalized spacial score (nSPS) is 12.5. The predicted octanol–water partition coefficient (Wildman–Crippen LogP) is 2.29. The zero-order valence-electron chi connectivity index (χ0n) is 11.2. The smallest absolute Gasteiger partial charge is 0.251 e. The highest BCUT2D eigenvalue weighted by atomic mass is 19.1. The molecule has 3 nitrogen and oxygen atoms in total. The summed E-state index contributed by atoms with van der Waals surface area (Å²) in [7, 11) is 2.03. The SMILES string of the molecule is CC[C@H](C)N(C)CCNC(=O)c1cccc(F)c1. The van der Waals surface area contributed by atoms with E-state index in [9.17, 15) is 9.18 Å². The van der Waals surface area contributed by atoms with Crippen molar-refractivity contribution in [1.82, 2.24) is 10.2 Å². The molecule has 0 spiro atoms. The zero-order chi connectivity index (χ0) is 13.5. The average Bonchev–Trinajstić information content (AvgIpc) is 2.37. The van der Waals surface area contributed by atoms with Crippen LogP contribution in [0, 0.1) is 5.82 Å². The van der Waals surface area contributed by atoms with Gasteiger partial charge in [-0.2, -0.15) is 0 Å². The molecule has 1 rings (SSSR count). The Morgan fingerprint density at radius 1 is 1.50 bits per heavy atom. The molecule has 1 N–H and O–H groups in total. The van der Waals surface area contributed by atoms with Gasteiger partial charge in [0.05, 0.1) is 0 Å². The lowest BCUT2D eigenvalue weighted by atomic mass is 10.2. The molecule has 0 bridgehead atoms. The van der Waals surface area contributed by atoms with Gasteiger partial charge in [-0.1, -0.05) is 13.0 Å². The van der Waals surface area contributed by atoms with E-state index >= 15 is 0 Å². The number of nitrogens with zero attached hydrogens (tertiary/aromatic N) is 1. The predicted molar refractivity (Wildman–Crippen MR) is 71.1 cm³/mol. The first-order valence-corrected chi connectivity index (χ1v) is 6.28. The van der Waals surface area contributed by atoms with Crippen molar-refractivity contribution in [3.05, 3.63) is 35.6 Å². The number of likely N-dealkylation sites (N-methyl/N-ethyl adjacent to an activating group) is 1. The molecule has 0 heterocycles. The maximum absolute atomic E-state index is 12.9. The summed E-state index contributed by atoms with van der Waals surface area (Å²) >= 11 is 0. The third kappa shape index (κ3) is 4.45. The Hall–Kier alpha value is -1.42. The Labute approximate surface area is 108 Å². The molecule has 4 heteroatoms. The number of carbonyl (C=O) groups excluding carboxylic acids is 1. The van der Waals surface area contributed by atoms with Crippen LogP contribution >= 0.6 is 0 Å². The van der Waals surface area contributed by atoms with Gasteiger partial charge in [0.15, 0.2) is 0 Å². The van der Waals surface area contributed by atoms with Gasteiger partial charge in [-0.05, 0) is 38.6 Å². The molecule has 0 radical (unpaired) electrons. The van der Waals surface area contributed by atoms with Crippen LogP contribution in [-0.4, -0.2) is 37.0 Å². The van der Waals surface area contributed by atoms with E-state index in [0.717, 1.165) is 13.0 Å². The molecule has 1 amide bonds. The largest absolute Gasteiger partial charge is 0.351 e. The Bertz CT molecular complexity index is 395. The number of hydrogen-bond acceptors (Lipinski definition) is 2. The third-order valence-corrected chi connectivity index (χ3v) is 3.18. The number of benzene rings is 1. The van der Waals surface area contributed by atoms with Crippen molar-refractivity contribution in [2.24, 2.45) is 0 Å². The fourth-order valence-corrected chi connectivity index (χ4v) is 1.61. The van der Waals surface area contributed by atoms with E-state index in [1.807, 2.05) is 7.05 Å². The van der Waals surface area contributed by atoms with Crippen LogP contribution in [0.25, 0.3) is 0 Å². The summed E-state index contributed by atoms with van der Waals surface area (Å²) in [6.07, 6.45) is 1.08. The van der Waals surface area contributed by atoms with Crippen LogP contribution in [0.4, 0.5) is 4.39 Å². The Morgan fingerprint density at radius 3 is 2.83 bits per heavy atom. The van der Waals surface area contributed by atoms with Crippen molar-refractivity contribution in [2.75, 3.05) is 20.1 Å². The lowest BCUT2D eigenvalue weighted by Crippen LogP contribution is -2.37. The number of amides is 1. The van der Waals surface area contributed by atoms with Crippen LogP contribution in [0.3, 0.4) is 0 Å². The van der Waals surface area contributed by atoms with Crippen LogP contribution in [0.1, 0.15) is 30.6 Å². The lowest BCUT2D eigenvalue weighted by molar-refractivity contribution is 0.0947. The van der Waals surface area contributed by atoms with E-state index in [1.165, 1.54) is 18.2 Å². The summed E-state index contributed by atoms with van der Waals surface area (Å²) in [6.45, 7) is 5.63. The molecule has 0 saturated heterocycles. The molecule has 100 valence electrons. The number of nitrogens with one attached hydrogen (secondary N) is 1. The molecular formula is C14H21FN2O. The highest BCUT2D eigenvalue weighted by Crippen LogP contribution is 2.03. The molecule has 1 aromatic carbocycles. The van der Waals surface area contributed by atoms with Gasteiger partial charge in [-0.3, -0.25) is 4.79 Å². The van der Waals surface area contributed by atoms with E-state index in [2.05, 4.69) is 24.1 Å². The van der Waals surface area contributed by atoms with Crippen molar-refractivity contribution in [3.63, 3.8) is 0 Å². The van der Waals surface area contributed by atoms with Gasteiger partial charge in [-0.25, -0.2) is 4.39 Å². The van der Waals surface area contributed by atoms with Crippen LogP contribution in [0.2, 0.25) is 0 Å². The van der Waals surface area contributed by atoms with Crippen LogP contribution < -0.4 is 5.32 Å². The van der Waals surface area contributed by atoms with E-state index in [0.29, 0.717) is 18.2 Å². The molecule has 0 aliphatic heterocycles. The average molecular weight is 252 g/mol. The summed E-state index contributed by atoms with van der Waals surface area (Å²) < 4.78 is 12.9. The number of carbonyl (C=O) groups is 1. The van der Waals surface area contributed by atoms with E-state index in [4.69, 9.17) is 0 Å². The second-order valence-corrected chi connectivity index (χ2v) is 4.50. The van der Waals surface area contributed by atoms with Crippen molar-refractivity contribution < 1.29 is 9.18 Å². The summed E-state index contributed by atoms with van der Waals surface area (Å²) in [5.41, 5.74) is 0.362. The van der Waals surface area contributed by atoms with Crippen LogP contribution in [0.15, 0.2) is 24.3 Å². The molecular weight excluding hydrogens is 231 g/mol. The van der Waals surface area contributed by atoms with E-state index in [-0.39, 0.29) is 11.7 Å². The van der Waals surface area contributed by atoms with Gasteiger partial charge >= 0.3 is 0 Å². The molecule has 1 aromatic rings. The quantitative estimate of drug-likeness (QED) is 0.842. The summed E-state index contributed by atoms with van der Waals surface area (Å²) in [6, 6.07) is 6.21. The maximum Gasteiger partial charge on any atom is 0.251 e. The molecule has 0 aromatic heterocycles. The standard InChI is InChI=1S/C14H21FN2O/c1-4-11(2)17(3)9-8-16-14(18)12-6-5-7-13(15)10-12/h5-7,10-11H,4,8-9H2,1-3H3,(H,16,18)/t11-/m0/s1. The molecule has 0 fully saturated rings. The number of hydrogen-bond donors (Lipinski definition) is 1. The van der Waals surface area contributed by atoms with Gasteiger partial charge in [0.2, 0.25) is 0 Å². The lowest BCUT2D eigenvalue weighted by Gasteiger charge is -2.23. The highest BCUT2D eigenvalue weighted by molar-refractivity contribution is 5.94. The monoisotopic (exact) mass is 252 g/mol. The second kappa shape index (κ2) is 7.11. The Balaban J connectivity index is 2.38. The van der Waals surface area contributed by atoms with E-state index in [1.54, 1.807) is 6.07 Å². The molecule has 18 heavy (non-hydrogen) atoms. The summed E-state index contributed by atoms with van der Waals surface area (Å²) in [5, 5.41) is 2.79. The first-order chi connectivity index (χ1) is 8.54. The minimum Gasteiger partial charge on any atom is -0.351 e. The number of halogens is 1. The first kappa shape index (κ1) is 14.6. The molecule has 0 aliphatic carbocycles. The summed E-state index contributed by atoms with van der Waals surface area (Å²) in [4.78, 5) is 13.9. The summed E-state index contributed by atoms with van der Waals surface area (Å²) in [5.74, 6) is -0.619. The Kier molecular flexibility index (Phi) is 5.78. The van der Waals surface area contributed by atoms with Crippen LogP contribution in [-0.2, 0) is 0 Å². The first-order valence-electron chi connectivity index (χ1n) is 6.28. The van der Waals surface area contributed by atoms with Gasteiger partial charge in [-0.15, -0.1) is 0 Å². The van der Waals surface area contributed by atoms with Crippen molar-refractivity contribution in [3.8, 4) is 0 Å². The third-order valence-electron chi connectivity index (χ3n) is 3.18. The molecule has 0 unspecified atom stereocenters. The zero-order valence-corrected chi connectivity index (χ0v) is 11.2. The minimum absolute atomic E-state index is 0.230. The molecule has 0 aliphatic rings. The van der Waals surface area contributed by atoms with Gasteiger partial charge < -0.3 is 10.2 Å². The van der Waals surface area contributed by atoms with Crippen LogP contribution in [0.5, 0.6) is 0 Å². The van der Waals surface area contributed by atoms with Crippen molar-refractivity contribution >= 4 is 5.91 Å². The minimum atomic E-state index is -0.389. The molecule has 0 saturated carbocycles. The highest BCUT2D eigenvalue weighted by Gasteiger charge is 2.08. The van der Waals surface area contributed by atoms with Crippen molar-refractivity contribution in [1.29, 1.82) is 0 Å². The maximum atomic E-state index is 12.9. The fourth-order valence-electron chi connectivity index (χ4n) is 1.61. The number of rotatable bonds is 6. The van der Waals surface area contributed by atoms with E-state index < -0.39 is 0 Å².